The molecule has 0 amide bonds. The Morgan fingerprint density at radius 2 is 1.49 bits per heavy atom. The summed E-state index contributed by atoms with van der Waals surface area (Å²) in [6.45, 7) is 5.19. The van der Waals surface area contributed by atoms with Crippen molar-refractivity contribution in [3.8, 4) is 5.75 Å². The predicted octanol–water partition coefficient (Wildman–Crippen LogP) is 7.14. The molecule has 10 heteroatoms. The fourth-order valence-electron chi connectivity index (χ4n) is 5.38. The largest absolute Gasteiger partial charge is 0.573 e. The molecular weight excluding hydrogens is 499 g/mol. The lowest BCUT2D eigenvalue weighted by molar-refractivity contribution is -0.276. The van der Waals surface area contributed by atoms with Crippen LogP contribution in [0.1, 0.15) is 82.6 Å². The van der Waals surface area contributed by atoms with E-state index >= 15 is 0 Å². The Morgan fingerprint density at radius 3 is 2.00 bits per heavy atom. The van der Waals surface area contributed by atoms with E-state index in [1.165, 1.54) is 0 Å². The number of carbonyl (C=O) groups is 2. The molecule has 0 aromatic heterocycles. The zero-order chi connectivity index (χ0) is 27.2. The second-order valence-electron chi connectivity index (χ2n) is 10.0. The van der Waals surface area contributed by atoms with Gasteiger partial charge in [0.15, 0.2) is 11.6 Å². The summed E-state index contributed by atoms with van der Waals surface area (Å²) < 4.78 is 79.4. The smallest absolute Gasteiger partial charge is 0.462 e. The van der Waals surface area contributed by atoms with Crippen molar-refractivity contribution in [2.45, 2.75) is 89.5 Å². The normalized spacial score (nSPS) is 24.3. The van der Waals surface area contributed by atoms with Gasteiger partial charge in [-0.25, -0.2) is 13.6 Å². The minimum Gasteiger partial charge on any atom is -0.462 e. The topological polar surface area (TPSA) is 61.8 Å². The van der Waals surface area contributed by atoms with Gasteiger partial charge >= 0.3 is 18.3 Å². The van der Waals surface area contributed by atoms with Crippen molar-refractivity contribution >= 4 is 11.9 Å². The summed E-state index contributed by atoms with van der Waals surface area (Å²) in [6.07, 6.45) is 1.82. The molecule has 0 atom stereocenters. The molecule has 206 valence electrons. The Hall–Kier alpha value is -2.65. The van der Waals surface area contributed by atoms with Gasteiger partial charge in [0.1, 0.15) is 6.10 Å². The Bertz CT molecular complexity index is 937. The van der Waals surface area contributed by atoms with E-state index in [1.54, 1.807) is 6.92 Å². The van der Waals surface area contributed by atoms with Gasteiger partial charge in [-0.15, -0.1) is 13.2 Å². The zero-order valence-corrected chi connectivity index (χ0v) is 20.9. The van der Waals surface area contributed by atoms with Crippen molar-refractivity contribution in [3.05, 3.63) is 41.5 Å². The maximum atomic E-state index is 14.1. The molecule has 0 N–H and O–H groups in total. The van der Waals surface area contributed by atoms with E-state index in [0.717, 1.165) is 50.7 Å². The Labute approximate surface area is 213 Å². The Morgan fingerprint density at radius 1 is 0.946 bits per heavy atom. The molecule has 37 heavy (non-hydrogen) atoms. The number of halogens is 5. The van der Waals surface area contributed by atoms with Crippen LogP contribution in [0, 0.1) is 23.5 Å². The summed E-state index contributed by atoms with van der Waals surface area (Å²) in [7, 11) is 0. The molecule has 0 radical (unpaired) electrons. The van der Waals surface area contributed by atoms with Gasteiger partial charge in [-0.05, 0) is 100 Å². The van der Waals surface area contributed by atoms with Crippen molar-refractivity contribution in [1.29, 1.82) is 0 Å². The zero-order valence-electron chi connectivity index (χ0n) is 20.9. The molecule has 1 aromatic rings. The highest BCUT2D eigenvalue weighted by Gasteiger charge is 2.36. The summed E-state index contributed by atoms with van der Waals surface area (Å²) in [5.41, 5.74) is 0.664. The van der Waals surface area contributed by atoms with Gasteiger partial charge in [0.2, 0.25) is 5.75 Å². The van der Waals surface area contributed by atoms with Crippen molar-refractivity contribution in [2.75, 3.05) is 6.61 Å². The number of rotatable bonds is 9. The number of hydrogen-bond donors (Lipinski definition) is 0. The van der Waals surface area contributed by atoms with Crippen LogP contribution < -0.4 is 4.74 Å². The SMILES string of the molecule is C=C(C)C(=O)OCCCC(=O)OC1CCC(C2CCC(c3cc(F)c(OC(F)(F)F)c(F)c3)CC2)CC1. The summed E-state index contributed by atoms with van der Waals surface area (Å²) in [6, 6.07) is 1.89. The monoisotopic (exact) mass is 532 g/mol. The number of benzene rings is 1. The minimum atomic E-state index is -5.17. The summed E-state index contributed by atoms with van der Waals surface area (Å²) >= 11 is 0. The van der Waals surface area contributed by atoms with Crippen molar-refractivity contribution in [1.82, 2.24) is 0 Å². The standard InChI is InChI=1S/C27H33F5O5/c1-16(2)26(34)35-13-3-4-24(33)36-21-11-9-18(10-12-21)17-5-7-19(8-6-17)20-14-22(28)25(23(29)15-20)37-27(30,31)32/h14-15,17-19,21H,1,3-13H2,2H3. The van der Waals surface area contributed by atoms with Crippen LogP contribution in [0.5, 0.6) is 5.75 Å². The number of alkyl halides is 3. The molecule has 2 aliphatic carbocycles. The van der Waals surface area contributed by atoms with Gasteiger partial charge in [-0.3, -0.25) is 4.79 Å². The highest BCUT2D eigenvalue weighted by atomic mass is 19.4. The van der Waals surface area contributed by atoms with E-state index in [2.05, 4.69) is 11.3 Å². The molecule has 0 saturated heterocycles. The van der Waals surface area contributed by atoms with Crippen molar-refractivity contribution < 1.29 is 45.8 Å². The van der Waals surface area contributed by atoms with E-state index in [-0.39, 0.29) is 31.0 Å². The van der Waals surface area contributed by atoms with Crippen LogP contribution in [0.25, 0.3) is 0 Å². The first-order chi connectivity index (χ1) is 17.4. The highest BCUT2D eigenvalue weighted by Crippen LogP contribution is 2.44. The van der Waals surface area contributed by atoms with Crippen LogP contribution in [0.15, 0.2) is 24.3 Å². The first-order valence-electron chi connectivity index (χ1n) is 12.7. The molecule has 2 fully saturated rings. The minimum absolute atomic E-state index is 0.118. The van der Waals surface area contributed by atoms with E-state index in [1.807, 2.05) is 0 Å². The van der Waals surface area contributed by atoms with E-state index in [0.29, 0.717) is 42.2 Å². The number of esters is 2. The van der Waals surface area contributed by atoms with Crippen molar-refractivity contribution in [3.63, 3.8) is 0 Å². The lowest BCUT2D eigenvalue weighted by Gasteiger charge is -2.37. The van der Waals surface area contributed by atoms with Crippen LogP contribution in [0.3, 0.4) is 0 Å². The predicted molar refractivity (Wildman–Crippen MR) is 125 cm³/mol. The number of carbonyl (C=O) groups excluding carboxylic acids is 2. The molecule has 2 saturated carbocycles. The van der Waals surface area contributed by atoms with Crippen LogP contribution in [0.2, 0.25) is 0 Å². The molecule has 0 bridgehead atoms. The Kier molecular flexibility index (Phi) is 9.95. The molecule has 0 spiro atoms. The van der Waals surface area contributed by atoms with Gasteiger partial charge in [-0.2, -0.15) is 0 Å². The molecule has 0 heterocycles. The molecular formula is C27H33F5O5. The maximum absolute atomic E-state index is 14.1. The third-order valence-electron chi connectivity index (χ3n) is 7.27. The van der Waals surface area contributed by atoms with Crippen LogP contribution >= 0.6 is 0 Å². The second-order valence-corrected chi connectivity index (χ2v) is 10.0. The van der Waals surface area contributed by atoms with E-state index in [4.69, 9.17) is 9.47 Å². The summed E-state index contributed by atoms with van der Waals surface area (Å²) in [5, 5.41) is 0. The van der Waals surface area contributed by atoms with Gasteiger partial charge in [0.25, 0.3) is 0 Å². The second kappa shape index (κ2) is 12.7. The quantitative estimate of drug-likeness (QED) is 0.146. The molecule has 2 aliphatic rings. The maximum Gasteiger partial charge on any atom is 0.573 e. The molecule has 0 unspecified atom stereocenters. The van der Waals surface area contributed by atoms with Crippen molar-refractivity contribution in [2.24, 2.45) is 11.8 Å². The summed E-state index contributed by atoms with van der Waals surface area (Å²) in [5.74, 6) is -4.09. The number of ether oxygens (including phenoxy) is 3. The Balaban J connectivity index is 1.39. The average Bonchev–Trinajstić information content (AvgIpc) is 2.84. The van der Waals surface area contributed by atoms with Gasteiger partial charge in [0, 0.05) is 12.0 Å². The summed E-state index contributed by atoms with van der Waals surface area (Å²) in [4.78, 5) is 23.4. The lowest BCUT2D eigenvalue weighted by atomic mass is 9.69. The van der Waals surface area contributed by atoms with Crippen LogP contribution in [-0.4, -0.2) is 31.0 Å². The molecule has 3 rings (SSSR count). The number of hydrogen-bond acceptors (Lipinski definition) is 5. The molecule has 0 aliphatic heterocycles. The lowest BCUT2D eigenvalue weighted by Crippen LogP contribution is -2.29. The average molecular weight is 533 g/mol. The van der Waals surface area contributed by atoms with Crippen LogP contribution in [0.4, 0.5) is 22.0 Å². The van der Waals surface area contributed by atoms with Gasteiger partial charge in [0.05, 0.1) is 6.61 Å². The van der Waals surface area contributed by atoms with Crippen LogP contribution in [-0.2, 0) is 19.1 Å². The first-order valence-corrected chi connectivity index (χ1v) is 12.7. The van der Waals surface area contributed by atoms with E-state index < -0.39 is 29.7 Å². The fraction of sp³-hybridized carbons (Fsp3) is 0.630. The first kappa shape index (κ1) is 28.9. The highest BCUT2D eigenvalue weighted by molar-refractivity contribution is 5.86. The molecule has 5 nitrogen and oxygen atoms in total. The molecule has 1 aromatic carbocycles. The van der Waals surface area contributed by atoms with E-state index in [9.17, 15) is 31.5 Å². The fourth-order valence-corrected chi connectivity index (χ4v) is 5.38. The van der Waals surface area contributed by atoms with Gasteiger partial charge in [-0.1, -0.05) is 6.58 Å². The van der Waals surface area contributed by atoms with Gasteiger partial charge < -0.3 is 14.2 Å². The third kappa shape index (κ3) is 8.71. The third-order valence-corrected chi connectivity index (χ3v) is 7.27.